The first-order valence-corrected chi connectivity index (χ1v) is 10.9. The molecule has 2 aromatic carbocycles. The highest BCUT2D eigenvalue weighted by Crippen LogP contribution is 2.59. The van der Waals surface area contributed by atoms with E-state index in [1.54, 1.807) is 14.2 Å². The summed E-state index contributed by atoms with van der Waals surface area (Å²) < 4.78 is 10.6. The number of benzene rings is 2. The van der Waals surface area contributed by atoms with Gasteiger partial charge in [-0.1, -0.05) is 24.3 Å². The van der Waals surface area contributed by atoms with Crippen molar-refractivity contribution in [2.75, 3.05) is 32.6 Å². The third kappa shape index (κ3) is 4.68. The number of anilines is 1. The molecule has 1 aliphatic heterocycles. The average molecular weight is 423 g/mol. The highest BCUT2D eigenvalue weighted by Gasteiger charge is 2.58. The maximum absolute atomic E-state index is 12.7. The second-order valence-electron chi connectivity index (χ2n) is 8.54. The van der Waals surface area contributed by atoms with Crippen LogP contribution in [-0.4, -0.2) is 44.0 Å². The minimum Gasteiger partial charge on any atom is -0.493 e. The van der Waals surface area contributed by atoms with Crippen LogP contribution in [0.4, 0.5) is 5.69 Å². The Kier molecular flexibility index (Phi) is 6.16. The number of aryl methyl sites for hydroxylation is 1. The Morgan fingerprint density at radius 3 is 2.42 bits per heavy atom. The smallest absolute Gasteiger partial charge is 0.228 e. The fraction of sp³-hybridized carbons (Fsp3) is 0.440. The zero-order chi connectivity index (χ0) is 21.8. The molecular formula is C25H30N2O4. The Labute approximate surface area is 183 Å². The standard InChI is InChI=1S/C25H30N2O4/c1-30-21-10-8-18(16-22(21)31-2)9-11-23(28)27-14-12-25(13-15-27)17-20(25)24(29)26-19-6-4-3-5-7-19/h3-8,10,16,20H,9,11-15,17H2,1-2H3,(H,26,29). The van der Waals surface area contributed by atoms with E-state index in [0.29, 0.717) is 24.3 Å². The number of para-hydroxylation sites is 1. The number of hydrogen-bond donors (Lipinski definition) is 1. The Hall–Kier alpha value is -3.02. The summed E-state index contributed by atoms with van der Waals surface area (Å²) in [5, 5.41) is 3.03. The minimum atomic E-state index is 0.0664. The van der Waals surface area contributed by atoms with E-state index in [9.17, 15) is 9.59 Å². The molecule has 6 heteroatoms. The summed E-state index contributed by atoms with van der Waals surface area (Å²) in [6.45, 7) is 1.47. The van der Waals surface area contributed by atoms with Gasteiger partial charge in [0.05, 0.1) is 14.2 Å². The summed E-state index contributed by atoms with van der Waals surface area (Å²) in [5.74, 6) is 1.72. The number of nitrogens with zero attached hydrogens (tertiary/aromatic N) is 1. The van der Waals surface area contributed by atoms with Crippen LogP contribution in [0.2, 0.25) is 0 Å². The number of rotatable bonds is 7. The molecule has 2 aliphatic rings. The first kappa shape index (κ1) is 21.2. The van der Waals surface area contributed by atoms with Crippen molar-refractivity contribution in [1.82, 2.24) is 4.90 Å². The first-order chi connectivity index (χ1) is 15.0. The molecule has 1 unspecified atom stereocenters. The summed E-state index contributed by atoms with van der Waals surface area (Å²) in [6, 6.07) is 15.4. The van der Waals surface area contributed by atoms with Gasteiger partial charge in [0.1, 0.15) is 0 Å². The molecule has 0 aromatic heterocycles. The molecule has 2 amide bonds. The number of piperidine rings is 1. The maximum atomic E-state index is 12.7. The second-order valence-corrected chi connectivity index (χ2v) is 8.54. The molecule has 4 rings (SSSR count). The number of methoxy groups -OCH3 is 2. The van der Waals surface area contributed by atoms with Gasteiger partial charge in [0.25, 0.3) is 0 Å². The van der Waals surface area contributed by atoms with Crippen LogP contribution >= 0.6 is 0 Å². The lowest BCUT2D eigenvalue weighted by Gasteiger charge is -2.33. The van der Waals surface area contributed by atoms with Gasteiger partial charge in [0.2, 0.25) is 11.8 Å². The molecule has 1 N–H and O–H groups in total. The number of nitrogens with one attached hydrogen (secondary N) is 1. The summed E-state index contributed by atoms with van der Waals surface area (Å²) in [6.07, 6.45) is 3.88. The van der Waals surface area contributed by atoms with Crippen LogP contribution in [0.3, 0.4) is 0 Å². The van der Waals surface area contributed by atoms with Crippen LogP contribution < -0.4 is 14.8 Å². The molecule has 2 aromatic rings. The van der Waals surface area contributed by atoms with Crippen LogP contribution in [0.15, 0.2) is 48.5 Å². The number of amides is 2. The van der Waals surface area contributed by atoms with E-state index in [2.05, 4.69) is 5.32 Å². The van der Waals surface area contributed by atoms with Crippen molar-refractivity contribution in [3.63, 3.8) is 0 Å². The lowest BCUT2D eigenvalue weighted by atomic mass is 9.90. The van der Waals surface area contributed by atoms with Crippen LogP contribution in [0.25, 0.3) is 0 Å². The van der Waals surface area contributed by atoms with E-state index in [-0.39, 0.29) is 23.1 Å². The van der Waals surface area contributed by atoms with Gasteiger partial charge in [-0.25, -0.2) is 0 Å². The second kappa shape index (κ2) is 9.00. The molecule has 2 fully saturated rings. The van der Waals surface area contributed by atoms with Gasteiger partial charge in [-0.3, -0.25) is 9.59 Å². The highest BCUT2D eigenvalue weighted by atomic mass is 16.5. The topological polar surface area (TPSA) is 67.9 Å². The van der Waals surface area contributed by atoms with Crippen LogP contribution in [0.1, 0.15) is 31.2 Å². The number of hydrogen-bond acceptors (Lipinski definition) is 4. The van der Waals surface area contributed by atoms with Crippen molar-refractivity contribution in [3.8, 4) is 11.5 Å². The van der Waals surface area contributed by atoms with Crippen molar-refractivity contribution in [1.29, 1.82) is 0 Å². The number of ether oxygens (including phenoxy) is 2. The summed E-state index contributed by atoms with van der Waals surface area (Å²) in [4.78, 5) is 27.3. The van der Waals surface area contributed by atoms with Gasteiger partial charge in [0, 0.05) is 31.1 Å². The van der Waals surface area contributed by atoms with Crippen LogP contribution in [0.5, 0.6) is 11.5 Å². The van der Waals surface area contributed by atoms with Crippen molar-refractivity contribution >= 4 is 17.5 Å². The molecule has 0 bridgehead atoms. The molecule has 1 saturated heterocycles. The van der Waals surface area contributed by atoms with E-state index in [1.165, 1.54) is 0 Å². The number of carbonyl (C=O) groups excluding carboxylic acids is 2. The predicted molar refractivity (Wildman–Crippen MR) is 119 cm³/mol. The number of likely N-dealkylation sites (tertiary alicyclic amines) is 1. The summed E-state index contributed by atoms with van der Waals surface area (Å²) in [5.41, 5.74) is 1.98. The number of carbonyl (C=O) groups is 2. The van der Waals surface area contributed by atoms with Crippen LogP contribution in [0, 0.1) is 11.3 Å². The zero-order valence-electron chi connectivity index (χ0n) is 18.2. The Bertz CT molecular complexity index is 936. The molecule has 1 heterocycles. The first-order valence-electron chi connectivity index (χ1n) is 10.9. The van der Waals surface area contributed by atoms with E-state index in [4.69, 9.17) is 9.47 Å². The molecule has 1 spiro atoms. The zero-order valence-corrected chi connectivity index (χ0v) is 18.2. The Morgan fingerprint density at radius 2 is 1.74 bits per heavy atom. The molecule has 1 atom stereocenters. The summed E-state index contributed by atoms with van der Waals surface area (Å²) >= 11 is 0. The molecule has 6 nitrogen and oxygen atoms in total. The SMILES string of the molecule is COc1ccc(CCC(=O)N2CCC3(CC2)CC3C(=O)Nc2ccccc2)cc1OC. The molecule has 164 valence electrons. The largest absolute Gasteiger partial charge is 0.493 e. The van der Waals surface area contributed by atoms with Gasteiger partial charge in [0.15, 0.2) is 11.5 Å². The Morgan fingerprint density at radius 1 is 1.03 bits per heavy atom. The highest BCUT2D eigenvalue weighted by molar-refractivity contribution is 5.95. The van der Waals surface area contributed by atoms with Gasteiger partial charge in [-0.05, 0) is 60.9 Å². The van der Waals surface area contributed by atoms with E-state index in [1.807, 2.05) is 53.4 Å². The molecule has 1 aliphatic carbocycles. The average Bonchev–Trinajstić information content (AvgIpc) is 3.51. The fourth-order valence-corrected chi connectivity index (χ4v) is 4.67. The molecule has 1 saturated carbocycles. The third-order valence-corrected chi connectivity index (χ3v) is 6.73. The normalized spacial score (nSPS) is 19.0. The molecular weight excluding hydrogens is 392 g/mol. The van der Waals surface area contributed by atoms with Gasteiger partial charge in [-0.15, -0.1) is 0 Å². The summed E-state index contributed by atoms with van der Waals surface area (Å²) in [7, 11) is 3.22. The van der Waals surface area contributed by atoms with E-state index in [0.717, 1.165) is 43.6 Å². The Balaban J connectivity index is 1.25. The van der Waals surface area contributed by atoms with Gasteiger partial charge in [-0.2, -0.15) is 0 Å². The lowest BCUT2D eigenvalue weighted by molar-refractivity contribution is -0.132. The minimum absolute atomic E-state index is 0.0664. The van der Waals surface area contributed by atoms with Crippen LogP contribution in [-0.2, 0) is 16.0 Å². The fourth-order valence-electron chi connectivity index (χ4n) is 4.67. The quantitative estimate of drug-likeness (QED) is 0.735. The third-order valence-electron chi connectivity index (χ3n) is 6.73. The monoisotopic (exact) mass is 422 g/mol. The van der Waals surface area contributed by atoms with Gasteiger partial charge < -0.3 is 19.7 Å². The maximum Gasteiger partial charge on any atom is 0.228 e. The van der Waals surface area contributed by atoms with Crippen molar-refractivity contribution in [2.45, 2.75) is 32.1 Å². The van der Waals surface area contributed by atoms with E-state index < -0.39 is 0 Å². The van der Waals surface area contributed by atoms with Gasteiger partial charge >= 0.3 is 0 Å². The lowest BCUT2D eigenvalue weighted by Crippen LogP contribution is -2.40. The van der Waals surface area contributed by atoms with Crippen molar-refractivity contribution in [2.24, 2.45) is 11.3 Å². The van der Waals surface area contributed by atoms with Crippen molar-refractivity contribution in [3.05, 3.63) is 54.1 Å². The predicted octanol–water partition coefficient (Wildman–Crippen LogP) is 3.90. The molecule has 0 radical (unpaired) electrons. The molecule has 31 heavy (non-hydrogen) atoms. The van der Waals surface area contributed by atoms with E-state index >= 15 is 0 Å². The van der Waals surface area contributed by atoms with Crippen molar-refractivity contribution < 1.29 is 19.1 Å².